The summed E-state index contributed by atoms with van der Waals surface area (Å²) in [7, 11) is 0. The number of para-hydroxylation sites is 1. The number of fused-ring (bicyclic) bond motifs is 2. The number of aromatic hydroxyl groups is 1. The number of nitro benzene ring substituents is 1. The topological polar surface area (TPSA) is 102 Å². The highest BCUT2D eigenvalue weighted by Crippen LogP contribution is 2.31. The number of hydrogen-bond acceptors (Lipinski definition) is 6. The van der Waals surface area contributed by atoms with Crippen molar-refractivity contribution < 1.29 is 14.4 Å². The van der Waals surface area contributed by atoms with Crippen LogP contribution in [0.1, 0.15) is 5.56 Å². The van der Waals surface area contributed by atoms with Crippen LogP contribution in [-0.2, 0) is 0 Å². The van der Waals surface area contributed by atoms with Gasteiger partial charge in [0.05, 0.1) is 10.6 Å². The molecule has 0 atom stereocenters. The lowest BCUT2D eigenvalue weighted by Crippen LogP contribution is -1.91. The summed E-state index contributed by atoms with van der Waals surface area (Å²) in [6.07, 6.45) is 1.38. The molecule has 1 aromatic heterocycles. The molecule has 1 N–H and O–H groups in total. The molecule has 7 nitrogen and oxygen atoms in total. The molecule has 1 heterocycles. The second-order valence-corrected chi connectivity index (χ2v) is 6.96. The average molecular weight is 409 g/mol. The highest BCUT2D eigenvalue weighted by Gasteiger charge is 2.15. The van der Waals surface area contributed by atoms with Crippen LogP contribution in [0.25, 0.3) is 33.3 Å². The first-order valence-corrected chi connectivity index (χ1v) is 9.49. The summed E-state index contributed by atoms with van der Waals surface area (Å²) in [5, 5.41) is 23.3. The Bertz CT molecular complexity index is 1490. The van der Waals surface area contributed by atoms with Crippen molar-refractivity contribution in [2.45, 2.75) is 0 Å². The van der Waals surface area contributed by atoms with E-state index < -0.39 is 10.7 Å². The van der Waals surface area contributed by atoms with Gasteiger partial charge in [-0.2, -0.15) is 0 Å². The summed E-state index contributed by atoms with van der Waals surface area (Å²) >= 11 is 0. The Morgan fingerprint density at radius 2 is 1.81 bits per heavy atom. The Kier molecular flexibility index (Phi) is 4.41. The maximum absolute atomic E-state index is 11.0. The van der Waals surface area contributed by atoms with Crippen LogP contribution >= 0.6 is 0 Å². The van der Waals surface area contributed by atoms with Crippen LogP contribution in [0.15, 0.2) is 88.3 Å². The van der Waals surface area contributed by atoms with Gasteiger partial charge in [-0.25, -0.2) is 4.98 Å². The van der Waals surface area contributed by atoms with Gasteiger partial charge in [-0.3, -0.25) is 15.1 Å². The largest absolute Gasteiger partial charge is 0.502 e. The van der Waals surface area contributed by atoms with Crippen LogP contribution in [-0.4, -0.2) is 21.2 Å². The number of rotatable bonds is 4. The number of phenols is 1. The van der Waals surface area contributed by atoms with E-state index >= 15 is 0 Å². The van der Waals surface area contributed by atoms with E-state index in [0.29, 0.717) is 22.7 Å². The highest BCUT2D eigenvalue weighted by molar-refractivity contribution is 5.89. The second kappa shape index (κ2) is 7.38. The zero-order chi connectivity index (χ0) is 21.4. The minimum Gasteiger partial charge on any atom is -0.502 e. The van der Waals surface area contributed by atoms with Crippen LogP contribution in [0, 0.1) is 10.1 Å². The monoisotopic (exact) mass is 409 g/mol. The molecule has 4 aromatic carbocycles. The van der Waals surface area contributed by atoms with Gasteiger partial charge in [-0.15, -0.1) is 0 Å². The van der Waals surface area contributed by atoms with Crippen molar-refractivity contribution in [1.82, 2.24) is 4.98 Å². The van der Waals surface area contributed by atoms with Crippen LogP contribution in [0.2, 0.25) is 0 Å². The predicted octanol–water partition coefficient (Wildman–Crippen LogP) is 6.01. The minimum absolute atomic E-state index is 0.253. The van der Waals surface area contributed by atoms with Crippen molar-refractivity contribution in [3.63, 3.8) is 0 Å². The van der Waals surface area contributed by atoms with Gasteiger partial charge < -0.3 is 9.52 Å². The van der Waals surface area contributed by atoms with Gasteiger partial charge in [0.15, 0.2) is 5.58 Å². The molecule has 0 radical (unpaired) electrons. The highest BCUT2D eigenvalue weighted by atomic mass is 16.6. The lowest BCUT2D eigenvalue weighted by Gasteiger charge is -1.99. The Morgan fingerprint density at radius 3 is 2.65 bits per heavy atom. The van der Waals surface area contributed by atoms with Crippen molar-refractivity contribution in [2.75, 3.05) is 0 Å². The van der Waals surface area contributed by atoms with Gasteiger partial charge in [0, 0.05) is 29.5 Å². The van der Waals surface area contributed by atoms with Crippen molar-refractivity contribution >= 4 is 39.5 Å². The quantitative estimate of drug-likeness (QED) is 0.222. The molecule has 0 aliphatic rings. The van der Waals surface area contributed by atoms with Gasteiger partial charge in [0.2, 0.25) is 11.6 Å². The molecule has 0 saturated heterocycles. The van der Waals surface area contributed by atoms with Crippen molar-refractivity contribution in [1.29, 1.82) is 0 Å². The SMILES string of the molecule is O=[N+]([O-])c1cccc(C=Nc2ccc3nc(-c4ccc5ccccc5c4)oc3c2)c1O. The maximum atomic E-state index is 11.0. The van der Waals surface area contributed by atoms with E-state index in [0.717, 1.165) is 16.3 Å². The number of benzene rings is 4. The van der Waals surface area contributed by atoms with Gasteiger partial charge >= 0.3 is 5.69 Å². The van der Waals surface area contributed by atoms with Crippen LogP contribution in [0.4, 0.5) is 11.4 Å². The summed E-state index contributed by atoms with van der Waals surface area (Å²) in [6, 6.07) is 23.7. The van der Waals surface area contributed by atoms with Gasteiger partial charge in [0.1, 0.15) is 5.52 Å². The molecule has 0 unspecified atom stereocenters. The molecule has 31 heavy (non-hydrogen) atoms. The number of phenolic OH excluding ortho intramolecular Hbond substituents is 1. The first-order valence-electron chi connectivity index (χ1n) is 9.49. The van der Waals surface area contributed by atoms with Crippen LogP contribution < -0.4 is 0 Å². The van der Waals surface area contributed by atoms with E-state index in [-0.39, 0.29) is 11.3 Å². The van der Waals surface area contributed by atoms with Crippen LogP contribution in [0.5, 0.6) is 5.75 Å². The summed E-state index contributed by atoms with van der Waals surface area (Å²) in [4.78, 5) is 19.2. The molecule has 5 rings (SSSR count). The first-order chi connectivity index (χ1) is 15.1. The third-order valence-electron chi connectivity index (χ3n) is 4.96. The fourth-order valence-corrected chi connectivity index (χ4v) is 3.38. The number of hydrogen-bond donors (Lipinski definition) is 1. The summed E-state index contributed by atoms with van der Waals surface area (Å²) < 4.78 is 5.95. The predicted molar refractivity (Wildman–Crippen MR) is 119 cm³/mol. The fourth-order valence-electron chi connectivity index (χ4n) is 3.38. The molecule has 0 amide bonds. The number of nitrogens with zero attached hydrogens (tertiary/aromatic N) is 3. The molecule has 0 aliphatic heterocycles. The molecule has 0 saturated carbocycles. The average Bonchev–Trinajstić information content (AvgIpc) is 3.21. The molecular weight excluding hydrogens is 394 g/mol. The molecule has 5 aromatic rings. The van der Waals surface area contributed by atoms with Crippen LogP contribution in [0.3, 0.4) is 0 Å². The summed E-state index contributed by atoms with van der Waals surface area (Å²) in [5.41, 5.74) is 2.60. The molecule has 0 fully saturated rings. The van der Waals surface area contributed by atoms with E-state index in [1.165, 1.54) is 18.3 Å². The molecule has 0 spiro atoms. The summed E-state index contributed by atoms with van der Waals surface area (Å²) in [5.74, 6) is 0.0915. The Morgan fingerprint density at radius 1 is 0.968 bits per heavy atom. The zero-order valence-electron chi connectivity index (χ0n) is 16.1. The number of aliphatic imine (C=N–C) groups is 1. The van der Waals surface area contributed by atoms with Gasteiger partial charge in [0.25, 0.3) is 0 Å². The van der Waals surface area contributed by atoms with Crippen molar-refractivity contribution in [2.24, 2.45) is 4.99 Å². The fraction of sp³-hybridized carbons (Fsp3) is 0. The normalized spacial score (nSPS) is 11.5. The molecule has 7 heteroatoms. The van der Waals surface area contributed by atoms with E-state index in [1.807, 2.05) is 36.4 Å². The zero-order valence-corrected chi connectivity index (χ0v) is 16.1. The standard InChI is InChI=1S/C24H15N3O4/c28-23-18(6-3-7-21(23)27(29)30)14-25-19-10-11-20-22(13-19)31-24(26-20)17-9-8-15-4-1-2-5-16(15)12-17/h1-14,28H. The number of oxazole rings is 1. The molecule has 150 valence electrons. The van der Waals surface area contributed by atoms with E-state index in [2.05, 4.69) is 16.0 Å². The third kappa shape index (κ3) is 3.49. The smallest absolute Gasteiger partial charge is 0.311 e. The van der Waals surface area contributed by atoms with Crippen molar-refractivity contribution in [3.05, 3.63) is 94.5 Å². The summed E-state index contributed by atoms with van der Waals surface area (Å²) in [6.45, 7) is 0. The van der Waals surface area contributed by atoms with E-state index in [9.17, 15) is 15.2 Å². The molecule has 0 aliphatic carbocycles. The van der Waals surface area contributed by atoms with Gasteiger partial charge in [-0.05, 0) is 41.1 Å². The first kappa shape index (κ1) is 18.5. The van der Waals surface area contributed by atoms with Crippen molar-refractivity contribution in [3.8, 4) is 17.2 Å². The Hall–Kier alpha value is -4.52. The molecule has 0 bridgehead atoms. The van der Waals surface area contributed by atoms with E-state index in [1.54, 1.807) is 24.3 Å². The number of aromatic nitrogens is 1. The second-order valence-electron chi connectivity index (χ2n) is 6.96. The minimum atomic E-state index is -0.637. The van der Waals surface area contributed by atoms with Gasteiger partial charge in [-0.1, -0.05) is 36.4 Å². The lowest BCUT2D eigenvalue weighted by molar-refractivity contribution is -0.385. The molecular formula is C24H15N3O4. The third-order valence-corrected chi connectivity index (χ3v) is 4.96. The number of nitro groups is 1. The lowest BCUT2D eigenvalue weighted by atomic mass is 10.1. The maximum Gasteiger partial charge on any atom is 0.311 e. The Balaban J connectivity index is 1.48. The Labute approximate surface area is 176 Å². The van der Waals surface area contributed by atoms with E-state index in [4.69, 9.17) is 4.42 Å².